The topological polar surface area (TPSA) is 20.3 Å². The third kappa shape index (κ3) is 2.32. The van der Waals surface area contributed by atoms with E-state index in [1.165, 1.54) is 9.77 Å². The van der Waals surface area contributed by atoms with Gasteiger partial charge in [0, 0.05) is 32.5 Å². The molecule has 3 rings (SSSR count). The number of carbonyl (C=O) groups excluding carboxylic acids is 1. The fourth-order valence-electron chi connectivity index (χ4n) is 2.54. The average Bonchev–Trinajstić information content (AvgIpc) is 2.61. The molecule has 4 heteroatoms. The first-order chi connectivity index (χ1) is 9.58. The summed E-state index contributed by atoms with van der Waals surface area (Å²) in [7, 11) is 4.14. The molecule has 1 aliphatic rings. The van der Waals surface area contributed by atoms with Gasteiger partial charge in [0.15, 0.2) is 5.78 Å². The summed E-state index contributed by atoms with van der Waals surface area (Å²) in [5.41, 5.74) is 2.96. The van der Waals surface area contributed by atoms with Gasteiger partial charge in [-0.1, -0.05) is 24.3 Å². The quantitative estimate of drug-likeness (QED) is 0.837. The van der Waals surface area contributed by atoms with E-state index in [9.17, 15) is 4.79 Å². The van der Waals surface area contributed by atoms with E-state index in [-0.39, 0.29) is 5.78 Å². The molecule has 0 fully saturated rings. The Morgan fingerprint density at radius 1 is 1.25 bits per heavy atom. The van der Waals surface area contributed by atoms with Crippen LogP contribution in [-0.4, -0.2) is 24.8 Å². The molecule has 20 heavy (non-hydrogen) atoms. The molecule has 1 aromatic carbocycles. The maximum absolute atomic E-state index is 12.8. The summed E-state index contributed by atoms with van der Waals surface area (Å²) in [6, 6.07) is 7.99. The molecule has 0 N–H and O–H groups in total. The molecule has 2 aromatic rings. The highest BCUT2D eigenvalue weighted by atomic mass is 32.2. The number of fused-ring (bicyclic) bond motifs is 2. The maximum Gasteiger partial charge on any atom is 0.195 e. The summed E-state index contributed by atoms with van der Waals surface area (Å²) in [4.78, 5) is 18.6. The zero-order chi connectivity index (χ0) is 14.3. The van der Waals surface area contributed by atoms with Crippen molar-refractivity contribution >= 4 is 28.9 Å². The molecule has 2 heterocycles. The minimum absolute atomic E-state index is 0.194. The van der Waals surface area contributed by atoms with Gasteiger partial charge in [0.2, 0.25) is 0 Å². The van der Waals surface area contributed by atoms with Crippen LogP contribution >= 0.6 is 23.1 Å². The van der Waals surface area contributed by atoms with Crippen LogP contribution in [0.5, 0.6) is 0 Å². The summed E-state index contributed by atoms with van der Waals surface area (Å²) in [6.45, 7) is 2.96. The molecule has 0 unspecified atom stereocenters. The van der Waals surface area contributed by atoms with Crippen LogP contribution in [0, 0.1) is 6.92 Å². The van der Waals surface area contributed by atoms with Crippen molar-refractivity contribution in [2.75, 3.05) is 14.1 Å². The summed E-state index contributed by atoms with van der Waals surface area (Å²) in [5, 5.41) is 0. The second kappa shape index (κ2) is 5.35. The van der Waals surface area contributed by atoms with Crippen molar-refractivity contribution in [3.63, 3.8) is 0 Å². The van der Waals surface area contributed by atoms with Gasteiger partial charge >= 0.3 is 0 Å². The second-order valence-electron chi connectivity index (χ2n) is 5.30. The summed E-state index contributed by atoms with van der Waals surface area (Å²) < 4.78 is 0. The van der Waals surface area contributed by atoms with E-state index in [0.717, 1.165) is 33.9 Å². The van der Waals surface area contributed by atoms with Gasteiger partial charge in [0.25, 0.3) is 0 Å². The Morgan fingerprint density at radius 3 is 2.75 bits per heavy atom. The molecule has 0 amide bonds. The molecule has 0 bridgehead atoms. The average molecular weight is 303 g/mol. The van der Waals surface area contributed by atoms with Crippen molar-refractivity contribution < 1.29 is 4.79 Å². The van der Waals surface area contributed by atoms with E-state index in [1.54, 1.807) is 11.3 Å². The van der Waals surface area contributed by atoms with Gasteiger partial charge in [-0.15, -0.1) is 23.1 Å². The number of hydrogen-bond acceptors (Lipinski definition) is 4. The Bertz CT molecular complexity index is 673. The van der Waals surface area contributed by atoms with Crippen LogP contribution in [0.1, 0.15) is 31.2 Å². The first kappa shape index (κ1) is 13.9. The van der Waals surface area contributed by atoms with Gasteiger partial charge in [0.1, 0.15) is 0 Å². The number of nitrogens with zero attached hydrogens (tertiary/aromatic N) is 1. The maximum atomic E-state index is 12.8. The molecular weight excluding hydrogens is 286 g/mol. The lowest BCUT2D eigenvalue weighted by Crippen LogP contribution is -2.10. The lowest BCUT2D eigenvalue weighted by Gasteiger charge is -2.09. The van der Waals surface area contributed by atoms with Crippen LogP contribution in [0.3, 0.4) is 0 Å². The van der Waals surface area contributed by atoms with Crippen LogP contribution in [0.2, 0.25) is 0 Å². The molecule has 1 aliphatic heterocycles. The summed E-state index contributed by atoms with van der Waals surface area (Å²) in [5.74, 6) is 1.07. The molecule has 0 saturated carbocycles. The van der Waals surface area contributed by atoms with Crippen LogP contribution in [0.25, 0.3) is 0 Å². The van der Waals surface area contributed by atoms with E-state index in [0.29, 0.717) is 0 Å². The van der Waals surface area contributed by atoms with Gasteiger partial charge in [-0.05, 0) is 26.6 Å². The molecule has 104 valence electrons. The number of thioether (sulfide) groups is 1. The van der Waals surface area contributed by atoms with Crippen molar-refractivity contribution in [2.24, 2.45) is 0 Å². The second-order valence-corrected chi connectivity index (χ2v) is 7.59. The van der Waals surface area contributed by atoms with Gasteiger partial charge in [-0.25, -0.2) is 0 Å². The number of thiophene rings is 1. The number of benzene rings is 1. The molecule has 0 spiro atoms. The SMILES string of the molecule is Cc1sc(CN(C)C)c2c1C(=O)c1ccccc1CS2. The van der Waals surface area contributed by atoms with Crippen molar-refractivity contribution in [3.8, 4) is 0 Å². The zero-order valence-electron chi connectivity index (χ0n) is 11.9. The molecule has 0 aliphatic carbocycles. The number of ketones is 1. The van der Waals surface area contributed by atoms with Crippen LogP contribution in [-0.2, 0) is 12.3 Å². The monoisotopic (exact) mass is 303 g/mol. The number of aryl methyl sites for hydroxylation is 1. The normalized spacial score (nSPS) is 14.1. The van der Waals surface area contributed by atoms with Crippen molar-refractivity contribution in [1.29, 1.82) is 0 Å². The number of carbonyl (C=O) groups is 1. The Morgan fingerprint density at radius 2 is 2.00 bits per heavy atom. The molecule has 2 nitrogen and oxygen atoms in total. The number of rotatable bonds is 2. The zero-order valence-corrected chi connectivity index (χ0v) is 13.5. The van der Waals surface area contributed by atoms with Crippen molar-refractivity contribution in [3.05, 3.63) is 50.7 Å². The molecule has 1 aromatic heterocycles. The van der Waals surface area contributed by atoms with E-state index < -0.39 is 0 Å². The third-order valence-electron chi connectivity index (χ3n) is 3.43. The van der Waals surface area contributed by atoms with E-state index in [2.05, 4.69) is 32.0 Å². The Balaban J connectivity index is 2.13. The minimum atomic E-state index is 0.194. The van der Waals surface area contributed by atoms with Gasteiger partial charge < -0.3 is 4.90 Å². The van der Waals surface area contributed by atoms with Crippen molar-refractivity contribution in [2.45, 2.75) is 24.1 Å². The van der Waals surface area contributed by atoms with E-state index in [4.69, 9.17) is 0 Å². The molecule has 0 radical (unpaired) electrons. The Kier molecular flexibility index (Phi) is 3.71. The van der Waals surface area contributed by atoms with Gasteiger partial charge in [-0.2, -0.15) is 0 Å². The Hall–Kier alpha value is -1.10. The highest BCUT2D eigenvalue weighted by Crippen LogP contribution is 2.42. The van der Waals surface area contributed by atoms with Crippen molar-refractivity contribution in [1.82, 2.24) is 4.90 Å². The van der Waals surface area contributed by atoms with Gasteiger partial charge in [0.05, 0.1) is 5.56 Å². The largest absolute Gasteiger partial charge is 0.304 e. The highest BCUT2D eigenvalue weighted by molar-refractivity contribution is 7.98. The predicted molar refractivity (Wildman–Crippen MR) is 85.9 cm³/mol. The first-order valence-electron chi connectivity index (χ1n) is 6.60. The van der Waals surface area contributed by atoms with E-state index >= 15 is 0 Å². The lowest BCUT2D eigenvalue weighted by molar-refractivity contribution is 0.103. The smallest absolute Gasteiger partial charge is 0.195 e. The summed E-state index contributed by atoms with van der Waals surface area (Å²) >= 11 is 3.57. The summed E-state index contributed by atoms with van der Waals surface area (Å²) in [6.07, 6.45) is 0. The van der Waals surface area contributed by atoms with E-state index in [1.807, 2.05) is 30.0 Å². The highest BCUT2D eigenvalue weighted by Gasteiger charge is 2.27. The minimum Gasteiger partial charge on any atom is -0.304 e. The fourth-order valence-corrected chi connectivity index (χ4v) is 5.26. The van der Waals surface area contributed by atoms with Gasteiger partial charge in [-0.3, -0.25) is 4.79 Å². The molecular formula is C16H17NOS2. The standard InChI is InChI=1S/C16H17NOS2/c1-10-14-15(18)12-7-5-4-6-11(12)9-19-16(14)13(20-10)8-17(2)3/h4-7H,8-9H2,1-3H3. The Labute approximate surface area is 127 Å². The first-order valence-corrected chi connectivity index (χ1v) is 8.40. The molecule has 0 atom stereocenters. The van der Waals surface area contributed by atoms with Crippen LogP contribution in [0.4, 0.5) is 0 Å². The van der Waals surface area contributed by atoms with Crippen LogP contribution in [0.15, 0.2) is 29.2 Å². The molecule has 0 saturated heterocycles. The predicted octanol–water partition coefficient (Wildman–Crippen LogP) is 3.95. The number of hydrogen-bond donors (Lipinski definition) is 0. The fraction of sp³-hybridized carbons (Fsp3) is 0.312. The van der Waals surface area contributed by atoms with Crippen LogP contribution < -0.4 is 0 Å². The third-order valence-corrected chi connectivity index (χ3v) is 5.84. The lowest BCUT2D eigenvalue weighted by atomic mass is 9.99.